The Labute approximate surface area is 196 Å². The number of benzene rings is 5. The molecule has 0 N–H and O–H groups in total. The first-order valence-corrected chi connectivity index (χ1v) is 13.5. The fourth-order valence-electron chi connectivity index (χ4n) is 3.95. The molecule has 0 unspecified atom stereocenters. The summed E-state index contributed by atoms with van der Waals surface area (Å²) in [4.78, 5) is 2.60. The maximum absolute atomic E-state index is 14.0. The van der Waals surface area contributed by atoms with E-state index in [4.69, 9.17) is 3.63 Å². The summed E-state index contributed by atoms with van der Waals surface area (Å²) in [5.41, 5.74) is 0. The Bertz CT molecular complexity index is 1380. The lowest BCUT2D eigenvalue weighted by atomic mass is 10.1. The van der Waals surface area contributed by atoms with Gasteiger partial charge in [0.2, 0.25) is 0 Å². The summed E-state index contributed by atoms with van der Waals surface area (Å²) in [6.45, 7) is 0. The van der Waals surface area contributed by atoms with Crippen LogP contribution in [0, 0.1) is 0 Å². The largest absolute Gasteiger partial charge is 0.307 e. The van der Waals surface area contributed by atoms with Gasteiger partial charge in [-0.3, -0.25) is 0 Å². The number of rotatable bonds is 6. The van der Waals surface area contributed by atoms with E-state index in [0.717, 1.165) is 20.1 Å². The molecule has 5 rings (SSSR count). The Balaban J connectivity index is 1.80. The highest BCUT2D eigenvalue weighted by Crippen LogP contribution is 2.70. The highest BCUT2D eigenvalue weighted by molar-refractivity contribution is 8.33. The maximum atomic E-state index is 14.0. The van der Waals surface area contributed by atoms with Crippen LogP contribution in [-0.4, -0.2) is 8.42 Å². The summed E-state index contributed by atoms with van der Waals surface area (Å²) in [6, 6.07) is 41.6. The van der Waals surface area contributed by atoms with Crippen LogP contribution in [-0.2, 0) is 13.7 Å². The standard InChI is InChI=1S/C28H22O3S2/c29-33(30,28-22-12-14-23-13-10-11-21-27(23)28)31-32(24-15-4-1-5-16-24,25-17-6-2-7-18-25)26-19-8-3-9-20-26/h1-22H. The molecule has 5 aromatic rings. The van der Waals surface area contributed by atoms with Gasteiger partial charge in [0, 0.05) is 20.1 Å². The van der Waals surface area contributed by atoms with Gasteiger partial charge in [0.15, 0.2) is 0 Å². The zero-order chi connectivity index (χ0) is 22.7. The molecule has 0 fully saturated rings. The molecular formula is C28H22O3S2. The Hall–Kier alpha value is -3.38. The molecule has 0 bridgehead atoms. The molecule has 0 aliphatic heterocycles. The van der Waals surface area contributed by atoms with Crippen LogP contribution in [0.1, 0.15) is 0 Å². The lowest BCUT2D eigenvalue weighted by Crippen LogP contribution is -2.14. The molecule has 164 valence electrons. The first kappa shape index (κ1) is 21.5. The molecule has 0 heterocycles. The highest BCUT2D eigenvalue weighted by Gasteiger charge is 2.38. The van der Waals surface area contributed by atoms with Gasteiger partial charge in [-0.25, -0.2) is 3.63 Å². The van der Waals surface area contributed by atoms with E-state index in [1.807, 2.05) is 121 Å². The van der Waals surface area contributed by atoms with Crippen molar-refractivity contribution in [3.8, 4) is 0 Å². The van der Waals surface area contributed by atoms with Gasteiger partial charge in [-0.1, -0.05) is 91.0 Å². The van der Waals surface area contributed by atoms with E-state index in [-0.39, 0.29) is 4.90 Å². The highest BCUT2D eigenvalue weighted by atomic mass is 32.3. The van der Waals surface area contributed by atoms with Crippen LogP contribution in [0.4, 0.5) is 0 Å². The van der Waals surface area contributed by atoms with Crippen molar-refractivity contribution >= 4 is 31.2 Å². The SMILES string of the molecule is O=S(=O)(OS(c1ccccc1)(c1ccccc1)c1ccccc1)c1cccc2ccccc12. The average molecular weight is 471 g/mol. The first-order valence-electron chi connectivity index (χ1n) is 10.5. The van der Waals surface area contributed by atoms with Crippen LogP contribution in [0.25, 0.3) is 10.8 Å². The topological polar surface area (TPSA) is 43.4 Å². The van der Waals surface area contributed by atoms with Crippen molar-refractivity contribution < 1.29 is 12.0 Å². The van der Waals surface area contributed by atoms with E-state index in [0.29, 0.717) is 5.39 Å². The van der Waals surface area contributed by atoms with Gasteiger partial charge >= 0.3 is 10.1 Å². The summed E-state index contributed by atoms with van der Waals surface area (Å²) < 4.78 is 34.4. The molecule has 0 spiro atoms. The van der Waals surface area contributed by atoms with Gasteiger partial charge in [0.25, 0.3) is 0 Å². The van der Waals surface area contributed by atoms with Crippen molar-refractivity contribution in [3.05, 3.63) is 133 Å². The monoisotopic (exact) mass is 470 g/mol. The third kappa shape index (κ3) is 3.95. The molecule has 0 radical (unpaired) electrons. The van der Waals surface area contributed by atoms with Crippen molar-refractivity contribution in [3.63, 3.8) is 0 Å². The quantitative estimate of drug-likeness (QED) is 0.259. The Kier molecular flexibility index (Phi) is 5.77. The van der Waals surface area contributed by atoms with E-state index in [1.165, 1.54) is 0 Å². The Morgan fingerprint density at radius 2 is 0.879 bits per heavy atom. The lowest BCUT2D eigenvalue weighted by Gasteiger charge is -2.39. The number of hydrogen-bond acceptors (Lipinski definition) is 3. The van der Waals surface area contributed by atoms with Crippen molar-refractivity contribution in [1.29, 1.82) is 0 Å². The van der Waals surface area contributed by atoms with Crippen molar-refractivity contribution in [2.45, 2.75) is 19.6 Å². The molecule has 0 aromatic heterocycles. The molecule has 0 atom stereocenters. The van der Waals surface area contributed by atoms with E-state index >= 15 is 0 Å². The summed E-state index contributed by atoms with van der Waals surface area (Å²) in [5, 5.41) is 1.49. The second-order valence-corrected chi connectivity index (χ2v) is 11.9. The van der Waals surface area contributed by atoms with Crippen LogP contribution in [0.2, 0.25) is 0 Å². The zero-order valence-electron chi connectivity index (χ0n) is 17.7. The van der Waals surface area contributed by atoms with Crippen LogP contribution in [0.15, 0.2) is 153 Å². The van der Waals surface area contributed by atoms with Crippen LogP contribution in [0.3, 0.4) is 0 Å². The third-order valence-electron chi connectivity index (χ3n) is 5.44. The van der Waals surface area contributed by atoms with Gasteiger partial charge in [0.05, 0.1) is 0 Å². The van der Waals surface area contributed by atoms with Crippen molar-refractivity contribution in [2.24, 2.45) is 0 Å². The molecule has 5 heteroatoms. The van der Waals surface area contributed by atoms with Crippen LogP contribution >= 0.6 is 10.3 Å². The van der Waals surface area contributed by atoms with Gasteiger partial charge < -0.3 is 0 Å². The van der Waals surface area contributed by atoms with Crippen LogP contribution < -0.4 is 0 Å². The zero-order valence-corrected chi connectivity index (χ0v) is 19.4. The summed E-state index contributed by atoms with van der Waals surface area (Å²) in [6.07, 6.45) is 0. The van der Waals surface area contributed by atoms with E-state index in [2.05, 4.69) is 0 Å². The second kappa shape index (κ2) is 8.87. The summed E-state index contributed by atoms with van der Waals surface area (Å²) in [5.74, 6) is 0. The number of hydrogen-bond donors (Lipinski definition) is 0. The predicted octanol–water partition coefficient (Wildman–Crippen LogP) is 7.44. The van der Waals surface area contributed by atoms with E-state index < -0.39 is 20.4 Å². The summed E-state index contributed by atoms with van der Waals surface area (Å²) in [7, 11) is -6.75. The minimum absolute atomic E-state index is 0.167. The molecular weight excluding hydrogens is 448 g/mol. The fourth-order valence-corrected chi connectivity index (χ4v) is 9.40. The minimum atomic E-state index is -4.15. The second-order valence-electron chi connectivity index (χ2n) is 7.49. The Morgan fingerprint density at radius 3 is 1.39 bits per heavy atom. The van der Waals surface area contributed by atoms with Gasteiger partial charge in [0.1, 0.15) is 4.90 Å². The van der Waals surface area contributed by atoms with E-state index in [1.54, 1.807) is 12.1 Å². The molecule has 3 nitrogen and oxygen atoms in total. The van der Waals surface area contributed by atoms with Crippen molar-refractivity contribution in [2.75, 3.05) is 0 Å². The maximum Gasteiger partial charge on any atom is 0.307 e. The normalized spacial score (nSPS) is 12.5. The number of fused-ring (bicyclic) bond motifs is 1. The van der Waals surface area contributed by atoms with Crippen LogP contribution in [0.5, 0.6) is 0 Å². The fraction of sp³-hybridized carbons (Fsp3) is 0. The van der Waals surface area contributed by atoms with Gasteiger partial charge in [-0.05, 0) is 58.2 Å². The lowest BCUT2D eigenvalue weighted by molar-refractivity contribution is 0.509. The minimum Gasteiger partial charge on any atom is -0.203 e. The van der Waals surface area contributed by atoms with Gasteiger partial charge in [-0.15, -0.1) is 0 Å². The third-order valence-corrected chi connectivity index (χ3v) is 10.7. The Morgan fingerprint density at radius 1 is 0.455 bits per heavy atom. The molecule has 33 heavy (non-hydrogen) atoms. The first-order chi connectivity index (χ1) is 16.1. The molecule has 0 saturated carbocycles. The van der Waals surface area contributed by atoms with Crippen molar-refractivity contribution in [1.82, 2.24) is 0 Å². The predicted molar refractivity (Wildman–Crippen MR) is 134 cm³/mol. The molecule has 0 amide bonds. The smallest absolute Gasteiger partial charge is 0.203 e. The molecule has 5 aromatic carbocycles. The average Bonchev–Trinajstić information content (AvgIpc) is 2.88. The molecule has 0 aliphatic rings. The van der Waals surface area contributed by atoms with Gasteiger partial charge in [-0.2, -0.15) is 8.42 Å². The summed E-state index contributed by atoms with van der Waals surface area (Å²) >= 11 is 0. The molecule has 0 aliphatic carbocycles. The van der Waals surface area contributed by atoms with E-state index in [9.17, 15) is 8.42 Å². The molecule has 0 saturated heterocycles.